The molecule has 0 unspecified atom stereocenters. The van der Waals surface area contributed by atoms with Gasteiger partial charge in [-0.3, -0.25) is 14.7 Å². The van der Waals surface area contributed by atoms with Crippen LogP contribution in [0.2, 0.25) is 0 Å². The van der Waals surface area contributed by atoms with Crippen molar-refractivity contribution in [2.75, 3.05) is 19.6 Å². The van der Waals surface area contributed by atoms with Gasteiger partial charge in [0.15, 0.2) is 0 Å². The standard InChI is InChI=1S/C18H22N4OS/c1-14-20-16(12-24-14)11-22-8-5-18(17(22)23)4-7-21(13-18)10-15-3-2-6-19-9-15/h2-3,6,9,12H,4-5,7-8,10-11,13H2,1H3/t18-/m1/s1. The van der Waals surface area contributed by atoms with E-state index in [4.69, 9.17) is 0 Å². The Morgan fingerprint density at radius 1 is 1.29 bits per heavy atom. The van der Waals surface area contributed by atoms with Crippen LogP contribution in [0, 0.1) is 12.3 Å². The molecule has 2 aromatic rings. The number of hydrogen-bond donors (Lipinski definition) is 0. The summed E-state index contributed by atoms with van der Waals surface area (Å²) in [6, 6.07) is 4.07. The summed E-state index contributed by atoms with van der Waals surface area (Å²) in [7, 11) is 0. The molecule has 4 rings (SSSR count). The van der Waals surface area contributed by atoms with Gasteiger partial charge < -0.3 is 4.90 Å². The summed E-state index contributed by atoms with van der Waals surface area (Å²) >= 11 is 1.65. The Morgan fingerprint density at radius 2 is 2.17 bits per heavy atom. The van der Waals surface area contributed by atoms with Gasteiger partial charge in [0.05, 0.1) is 22.7 Å². The molecule has 0 aliphatic carbocycles. The summed E-state index contributed by atoms with van der Waals surface area (Å²) in [6.07, 6.45) is 5.66. The van der Waals surface area contributed by atoms with Gasteiger partial charge in [-0.05, 0) is 37.9 Å². The highest BCUT2D eigenvalue weighted by Crippen LogP contribution is 2.41. The van der Waals surface area contributed by atoms with E-state index in [-0.39, 0.29) is 5.41 Å². The molecule has 1 amide bonds. The van der Waals surface area contributed by atoms with E-state index in [0.717, 1.165) is 49.7 Å². The van der Waals surface area contributed by atoms with Crippen LogP contribution in [0.25, 0.3) is 0 Å². The van der Waals surface area contributed by atoms with E-state index in [1.54, 1.807) is 17.5 Å². The number of hydrogen-bond acceptors (Lipinski definition) is 5. The van der Waals surface area contributed by atoms with E-state index in [1.807, 2.05) is 24.1 Å². The quantitative estimate of drug-likeness (QED) is 0.856. The Labute approximate surface area is 146 Å². The van der Waals surface area contributed by atoms with Crippen LogP contribution in [0.15, 0.2) is 29.9 Å². The summed E-state index contributed by atoms with van der Waals surface area (Å²) < 4.78 is 0. The molecule has 24 heavy (non-hydrogen) atoms. The predicted octanol–water partition coefficient (Wildman–Crippen LogP) is 2.47. The summed E-state index contributed by atoms with van der Waals surface area (Å²) in [5.74, 6) is 0.321. The Kier molecular flexibility index (Phi) is 4.10. The van der Waals surface area contributed by atoms with E-state index >= 15 is 0 Å². The number of nitrogens with zero attached hydrogens (tertiary/aromatic N) is 4. The zero-order valence-electron chi connectivity index (χ0n) is 13.9. The van der Waals surface area contributed by atoms with Crippen LogP contribution < -0.4 is 0 Å². The first-order chi connectivity index (χ1) is 11.6. The van der Waals surface area contributed by atoms with E-state index in [1.165, 1.54) is 5.56 Å². The first kappa shape index (κ1) is 15.7. The normalized spacial score (nSPS) is 24.4. The third-order valence-electron chi connectivity index (χ3n) is 5.18. The van der Waals surface area contributed by atoms with Gasteiger partial charge in [0.1, 0.15) is 0 Å². The number of likely N-dealkylation sites (tertiary alicyclic amines) is 2. The molecule has 4 heterocycles. The number of amides is 1. The van der Waals surface area contributed by atoms with E-state index in [0.29, 0.717) is 12.5 Å². The van der Waals surface area contributed by atoms with E-state index < -0.39 is 0 Å². The molecule has 0 aromatic carbocycles. The molecule has 5 nitrogen and oxygen atoms in total. The molecule has 2 aliphatic heterocycles. The van der Waals surface area contributed by atoms with Crippen LogP contribution in [0.1, 0.15) is 29.1 Å². The molecule has 0 saturated carbocycles. The summed E-state index contributed by atoms with van der Waals surface area (Å²) in [5.41, 5.74) is 2.07. The van der Waals surface area contributed by atoms with Crippen molar-refractivity contribution in [3.8, 4) is 0 Å². The maximum atomic E-state index is 13.0. The zero-order chi connectivity index (χ0) is 16.6. The number of carbonyl (C=O) groups is 1. The van der Waals surface area contributed by atoms with Gasteiger partial charge in [0, 0.05) is 37.4 Å². The molecule has 2 aliphatic rings. The average molecular weight is 342 g/mol. The molecular weight excluding hydrogens is 320 g/mol. The van der Waals surface area contributed by atoms with Gasteiger partial charge in [-0.15, -0.1) is 11.3 Å². The van der Waals surface area contributed by atoms with E-state index in [9.17, 15) is 4.79 Å². The molecule has 1 atom stereocenters. The van der Waals surface area contributed by atoms with Crippen molar-refractivity contribution in [2.45, 2.75) is 32.9 Å². The minimum absolute atomic E-state index is 0.173. The molecular formula is C18H22N4OS. The Morgan fingerprint density at radius 3 is 2.92 bits per heavy atom. The topological polar surface area (TPSA) is 49.3 Å². The largest absolute Gasteiger partial charge is 0.336 e. The lowest BCUT2D eigenvalue weighted by atomic mass is 9.85. The van der Waals surface area contributed by atoms with Crippen molar-refractivity contribution in [2.24, 2.45) is 5.41 Å². The maximum absolute atomic E-state index is 13.0. The highest BCUT2D eigenvalue weighted by molar-refractivity contribution is 7.09. The van der Waals surface area contributed by atoms with Crippen molar-refractivity contribution in [3.63, 3.8) is 0 Å². The molecule has 2 saturated heterocycles. The first-order valence-electron chi connectivity index (χ1n) is 8.46. The average Bonchev–Trinajstić information content (AvgIpc) is 3.26. The third-order valence-corrected chi connectivity index (χ3v) is 6.00. The molecule has 0 radical (unpaired) electrons. The van der Waals surface area contributed by atoms with Gasteiger partial charge in [0.25, 0.3) is 0 Å². The van der Waals surface area contributed by atoms with Crippen LogP contribution in [0.3, 0.4) is 0 Å². The van der Waals surface area contributed by atoms with Crippen molar-refractivity contribution in [3.05, 3.63) is 46.2 Å². The molecule has 1 spiro atoms. The number of aromatic nitrogens is 2. The van der Waals surface area contributed by atoms with Gasteiger partial charge >= 0.3 is 0 Å². The third kappa shape index (κ3) is 2.96. The zero-order valence-corrected chi connectivity index (χ0v) is 14.8. The summed E-state index contributed by atoms with van der Waals surface area (Å²) in [5, 5.41) is 3.13. The lowest BCUT2D eigenvalue weighted by molar-refractivity contribution is -0.136. The van der Waals surface area contributed by atoms with E-state index in [2.05, 4.69) is 26.3 Å². The second-order valence-electron chi connectivity index (χ2n) is 6.94. The minimum Gasteiger partial charge on any atom is -0.336 e. The summed E-state index contributed by atoms with van der Waals surface area (Å²) in [4.78, 5) is 26.1. The molecule has 0 bridgehead atoms. The Balaban J connectivity index is 1.40. The number of carbonyl (C=O) groups excluding carboxylic acids is 1. The van der Waals surface area contributed by atoms with Crippen LogP contribution in [-0.2, 0) is 17.9 Å². The van der Waals surface area contributed by atoms with Crippen LogP contribution >= 0.6 is 11.3 Å². The number of pyridine rings is 1. The number of rotatable bonds is 4. The molecule has 6 heteroatoms. The SMILES string of the molecule is Cc1nc(CN2CC[C@@]3(CCN(Cc4cccnc4)C3)C2=O)cs1. The minimum atomic E-state index is -0.173. The Hall–Kier alpha value is -1.79. The lowest BCUT2D eigenvalue weighted by Gasteiger charge is -2.23. The van der Waals surface area contributed by atoms with Crippen LogP contribution in [-0.4, -0.2) is 45.3 Å². The number of aryl methyl sites for hydroxylation is 1. The second-order valence-corrected chi connectivity index (χ2v) is 8.00. The highest BCUT2D eigenvalue weighted by atomic mass is 32.1. The van der Waals surface area contributed by atoms with Gasteiger partial charge in [-0.25, -0.2) is 4.98 Å². The monoisotopic (exact) mass is 342 g/mol. The molecule has 0 N–H and O–H groups in total. The fraction of sp³-hybridized carbons (Fsp3) is 0.500. The van der Waals surface area contributed by atoms with Crippen molar-refractivity contribution >= 4 is 17.2 Å². The summed E-state index contributed by atoms with van der Waals surface area (Å²) in [6.45, 7) is 6.27. The van der Waals surface area contributed by atoms with Crippen molar-refractivity contribution in [1.29, 1.82) is 0 Å². The highest BCUT2D eigenvalue weighted by Gasteiger charge is 2.50. The van der Waals surface area contributed by atoms with Crippen molar-refractivity contribution in [1.82, 2.24) is 19.8 Å². The maximum Gasteiger partial charge on any atom is 0.230 e. The molecule has 126 valence electrons. The predicted molar refractivity (Wildman–Crippen MR) is 93.4 cm³/mol. The molecule has 2 aromatic heterocycles. The van der Waals surface area contributed by atoms with Gasteiger partial charge in [-0.1, -0.05) is 6.07 Å². The fourth-order valence-corrected chi connectivity index (χ4v) is 4.55. The van der Waals surface area contributed by atoms with Gasteiger partial charge in [0.2, 0.25) is 5.91 Å². The first-order valence-corrected chi connectivity index (χ1v) is 9.34. The fourth-order valence-electron chi connectivity index (χ4n) is 3.94. The van der Waals surface area contributed by atoms with Crippen LogP contribution in [0.5, 0.6) is 0 Å². The van der Waals surface area contributed by atoms with Gasteiger partial charge in [-0.2, -0.15) is 0 Å². The smallest absolute Gasteiger partial charge is 0.230 e. The number of thiazole rings is 1. The Bertz CT molecular complexity index is 732. The molecule has 2 fully saturated rings. The lowest BCUT2D eigenvalue weighted by Crippen LogP contribution is -2.36. The van der Waals surface area contributed by atoms with Crippen LogP contribution in [0.4, 0.5) is 0 Å². The second kappa shape index (κ2) is 6.26. The van der Waals surface area contributed by atoms with Crippen molar-refractivity contribution < 1.29 is 4.79 Å².